The number of aromatic hydroxyl groups is 1. The van der Waals surface area contributed by atoms with Gasteiger partial charge in [-0.1, -0.05) is 12.1 Å². The van der Waals surface area contributed by atoms with Crippen LogP contribution >= 0.6 is 0 Å². The van der Waals surface area contributed by atoms with Crippen molar-refractivity contribution in [1.29, 1.82) is 0 Å². The van der Waals surface area contributed by atoms with Crippen LogP contribution in [0.3, 0.4) is 0 Å². The van der Waals surface area contributed by atoms with Crippen molar-refractivity contribution >= 4 is 11.7 Å². The SMILES string of the molecule is O=C(c1cc(F)cnc1Oc1ccc(F)cc1)C1NC1CC1C[C@H]2CC[C@@H](C1)N2C(=O)Cc1ccc(O)cc1. The van der Waals surface area contributed by atoms with Gasteiger partial charge in [0.15, 0.2) is 5.78 Å². The monoisotopic (exact) mass is 533 g/mol. The Bertz CT molecular complexity index is 1370. The molecule has 2 N–H and O–H groups in total. The van der Waals surface area contributed by atoms with E-state index in [2.05, 4.69) is 15.2 Å². The molecular weight excluding hydrogens is 504 g/mol. The van der Waals surface area contributed by atoms with E-state index in [4.69, 9.17) is 4.74 Å². The van der Waals surface area contributed by atoms with Gasteiger partial charge in [0.2, 0.25) is 11.8 Å². The van der Waals surface area contributed by atoms with Crippen LogP contribution in [0.2, 0.25) is 0 Å². The number of piperidine rings is 1. The van der Waals surface area contributed by atoms with E-state index in [1.54, 1.807) is 24.3 Å². The minimum Gasteiger partial charge on any atom is -0.508 e. The average Bonchev–Trinajstić information content (AvgIpc) is 3.63. The van der Waals surface area contributed by atoms with E-state index in [1.165, 1.54) is 24.3 Å². The lowest BCUT2D eigenvalue weighted by atomic mass is 9.86. The molecule has 3 saturated heterocycles. The summed E-state index contributed by atoms with van der Waals surface area (Å²) in [7, 11) is 0. The smallest absolute Gasteiger partial charge is 0.230 e. The van der Waals surface area contributed by atoms with Crippen LogP contribution in [-0.2, 0) is 11.2 Å². The number of phenolic OH excluding ortho intramolecular Hbond substituents is 1. The summed E-state index contributed by atoms with van der Waals surface area (Å²) < 4.78 is 32.9. The van der Waals surface area contributed by atoms with Crippen molar-refractivity contribution in [1.82, 2.24) is 15.2 Å². The fourth-order valence-electron chi connectivity index (χ4n) is 6.23. The Hall–Kier alpha value is -3.85. The van der Waals surface area contributed by atoms with E-state index < -0.39 is 17.7 Å². The Morgan fingerprint density at radius 2 is 1.69 bits per heavy atom. The lowest BCUT2D eigenvalue weighted by Crippen LogP contribution is -2.47. The average molecular weight is 534 g/mol. The Morgan fingerprint density at radius 3 is 2.38 bits per heavy atom. The number of nitrogens with zero attached hydrogens (tertiary/aromatic N) is 2. The molecule has 9 heteroatoms. The Balaban J connectivity index is 1.06. The molecule has 6 rings (SSSR count). The molecular formula is C30H29F2N3O4. The molecule has 0 aliphatic carbocycles. The minimum absolute atomic E-state index is 0.0149. The second-order valence-corrected chi connectivity index (χ2v) is 10.8. The first-order valence-corrected chi connectivity index (χ1v) is 13.3. The molecule has 3 fully saturated rings. The van der Waals surface area contributed by atoms with Gasteiger partial charge in [-0.05, 0) is 86.1 Å². The normalized spacial score (nSPS) is 25.4. The van der Waals surface area contributed by atoms with Crippen LogP contribution in [-0.4, -0.2) is 50.8 Å². The van der Waals surface area contributed by atoms with E-state index >= 15 is 0 Å². The molecule has 7 nitrogen and oxygen atoms in total. The van der Waals surface area contributed by atoms with E-state index in [1.807, 2.05) is 0 Å². The first-order valence-electron chi connectivity index (χ1n) is 13.3. The second-order valence-electron chi connectivity index (χ2n) is 10.8. The third kappa shape index (κ3) is 5.49. The Labute approximate surface area is 224 Å². The van der Waals surface area contributed by atoms with Crippen molar-refractivity contribution < 1.29 is 28.2 Å². The molecule has 3 aliphatic heterocycles. The molecule has 4 heterocycles. The summed E-state index contributed by atoms with van der Waals surface area (Å²) in [4.78, 5) is 32.4. The van der Waals surface area contributed by atoms with Crippen LogP contribution in [0.5, 0.6) is 17.4 Å². The highest BCUT2D eigenvalue weighted by atomic mass is 19.1. The maximum atomic E-state index is 14.0. The summed E-state index contributed by atoms with van der Waals surface area (Å²) in [6.07, 6.45) is 5.89. The summed E-state index contributed by atoms with van der Waals surface area (Å²) in [6, 6.07) is 13.1. The van der Waals surface area contributed by atoms with Gasteiger partial charge in [0.25, 0.3) is 0 Å². The number of aromatic nitrogens is 1. The molecule has 3 unspecified atom stereocenters. The molecule has 0 saturated carbocycles. The number of rotatable bonds is 8. The van der Waals surface area contributed by atoms with E-state index in [-0.39, 0.29) is 47.0 Å². The van der Waals surface area contributed by atoms with Gasteiger partial charge in [0.1, 0.15) is 23.1 Å². The predicted molar refractivity (Wildman–Crippen MR) is 139 cm³/mol. The fourth-order valence-corrected chi connectivity index (χ4v) is 6.23. The maximum absolute atomic E-state index is 14.0. The van der Waals surface area contributed by atoms with Gasteiger partial charge in [-0.2, -0.15) is 0 Å². The lowest BCUT2D eigenvalue weighted by molar-refractivity contribution is -0.135. The van der Waals surface area contributed by atoms with Gasteiger partial charge in [-0.15, -0.1) is 0 Å². The van der Waals surface area contributed by atoms with Crippen molar-refractivity contribution in [3.8, 4) is 17.4 Å². The molecule has 3 aliphatic rings. The number of phenols is 1. The number of fused-ring (bicyclic) bond motifs is 2. The van der Waals surface area contributed by atoms with Gasteiger partial charge in [-0.3, -0.25) is 9.59 Å². The standard InChI is InChI=1S/C30H29F2N3O4/c31-19-3-9-24(10-4-19)39-30-25(15-20(32)16-33-30)29(38)28-26(34-28)13-18-11-21-5-6-22(12-18)35(21)27(37)14-17-1-7-23(36)8-2-17/h1-4,7-10,15-16,18,21-22,26,28,34,36H,5-6,11-14H2/t18?,21-,22+,26?,28?. The zero-order valence-electron chi connectivity index (χ0n) is 21.2. The summed E-state index contributed by atoms with van der Waals surface area (Å²) in [6.45, 7) is 0. The summed E-state index contributed by atoms with van der Waals surface area (Å²) in [5, 5.41) is 12.7. The van der Waals surface area contributed by atoms with Crippen molar-refractivity contribution in [3.63, 3.8) is 0 Å². The van der Waals surface area contributed by atoms with Crippen LogP contribution in [0.1, 0.15) is 48.0 Å². The van der Waals surface area contributed by atoms with Gasteiger partial charge in [-0.25, -0.2) is 13.8 Å². The quantitative estimate of drug-likeness (QED) is 0.319. The van der Waals surface area contributed by atoms with E-state index in [0.29, 0.717) is 18.1 Å². The van der Waals surface area contributed by atoms with Crippen molar-refractivity contribution in [2.24, 2.45) is 5.92 Å². The number of benzene rings is 2. The largest absolute Gasteiger partial charge is 0.508 e. The maximum Gasteiger partial charge on any atom is 0.230 e. The van der Waals surface area contributed by atoms with Crippen LogP contribution < -0.4 is 10.1 Å². The molecule has 0 spiro atoms. The van der Waals surface area contributed by atoms with Crippen molar-refractivity contribution in [3.05, 3.63) is 83.6 Å². The van der Waals surface area contributed by atoms with Crippen molar-refractivity contribution in [2.75, 3.05) is 0 Å². The fraction of sp³-hybridized carbons (Fsp3) is 0.367. The molecule has 1 aromatic heterocycles. The van der Waals surface area contributed by atoms with Gasteiger partial charge < -0.3 is 20.1 Å². The molecule has 39 heavy (non-hydrogen) atoms. The first kappa shape index (κ1) is 25.4. The zero-order valence-corrected chi connectivity index (χ0v) is 21.2. The number of hydrogen-bond donors (Lipinski definition) is 2. The molecule has 3 aromatic rings. The van der Waals surface area contributed by atoms with Crippen LogP contribution in [0, 0.1) is 17.6 Å². The van der Waals surface area contributed by atoms with E-state index in [9.17, 15) is 23.5 Å². The van der Waals surface area contributed by atoms with E-state index in [0.717, 1.165) is 49.9 Å². The summed E-state index contributed by atoms with van der Waals surface area (Å²) in [5.74, 6) is -0.366. The Morgan fingerprint density at radius 1 is 1.00 bits per heavy atom. The van der Waals surface area contributed by atoms with Gasteiger partial charge >= 0.3 is 0 Å². The highest BCUT2D eigenvalue weighted by Gasteiger charge is 2.48. The lowest BCUT2D eigenvalue weighted by Gasteiger charge is -2.39. The van der Waals surface area contributed by atoms with Crippen LogP contribution in [0.15, 0.2) is 60.8 Å². The third-order valence-electron chi connectivity index (χ3n) is 8.08. The topological polar surface area (TPSA) is 102 Å². The number of carbonyl (C=O) groups excluding carboxylic acids is 2. The highest BCUT2D eigenvalue weighted by molar-refractivity contribution is 6.04. The number of nitrogens with one attached hydrogen (secondary N) is 1. The number of hydrogen-bond acceptors (Lipinski definition) is 6. The minimum atomic E-state index is -0.636. The molecule has 1 amide bonds. The van der Waals surface area contributed by atoms with Crippen molar-refractivity contribution in [2.45, 2.75) is 62.7 Å². The number of halogens is 2. The predicted octanol–water partition coefficient (Wildman–Crippen LogP) is 4.78. The number of ketones is 1. The second kappa shape index (κ2) is 10.4. The third-order valence-corrected chi connectivity index (χ3v) is 8.08. The highest BCUT2D eigenvalue weighted by Crippen LogP contribution is 2.42. The summed E-state index contributed by atoms with van der Waals surface area (Å²) in [5.41, 5.74) is 0.937. The number of pyridine rings is 1. The number of amides is 1. The molecule has 5 atom stereocenters. The number of Topliss-reactive ketones (excluding diaryl/α,β-unsaturated/α-hetero) is 1. The van der Waals surface area contributed by atoms with Gasteiger partial charge in [0, 0.05) is 18.1 Å². The number of ether oxygens (including phenoxy) is 1. The van der Waals surface area contributed by atoms with Crippen LogP contribution in [0.25, 0.3) is 0 Å². The molecule has 2 bridgehead atoms. The molecule has 2 aromatic carbocycles. The zero-order chi connectivity index (χ0) is 27.1. The van der Waals surface area contributed by atoms with Gasteiger partial charge in [0.05, 0.1) is 24.2 Å². The molecule has 0 radical (unpaired) electrons. The molecule has 202 valence electrons. The Kier molecular flexibility index (Phi) is 6.76. The number of carbonyl (C=O) groups is 2. The first-order chi connectivity index (χ1) is 18.8. The summed E-state index contributed by atoms with van der Waals surface area (Å²) >= 11 is 0. The van der Waals surface area contributed by atoms with Crippen LogP contribution in [0.4, 0.5) is 8.78 Å².